The lowest BCUT2D eigenvalue weighted by Gasteiger charge is -2.08. The minimum absolute atomic E-state index is 0.325. The number of fused-ring (bicyclic) bond motifs is 1. The third kappa shape index (κ3) is 2.27. The van der Waals surface area contributed by atoms with E-state index in [0.717, 1.165) is 9.27 Å². The van der Waals surface area contributed by atoms with Crippen molar-refractivity contribution in [2.45, 2.75) is 19.1 Å². The van der Waals surface area contributed by atoms with Crippen LogP contribution in [0, 0.1) is 0 Å². The van der Waals surface area contributed by atoms with Crippen LogP contribution in [0.15, 0.2) is 28.5 Å². The summed E-state index contributed by atoms with van der Waals surface area (Å²) in [6.45, 7) is -0.325. The lowest BCUT2D eigenvalue weighted by atomic mass is 10.3. The maximum absolute atomic E-state index is 12.0. The van der Waals surface area contributed by atoms with Crippen molar-refractivity contribution < 1.29 is 13.2 Å². The quantitative estimate of drug-likeness (QED) is 0.799. The summed E-state index contributed by atoms with van der Waals surface area (Å²) in [4.78, 5) is 11.7. The number of thiophene rings is 1. The maximum Gasteiger partial charge on any atom is 0.390 e. The monoisotopic (exact) mass is 247 g/mol. The van der Waals surface area contributed by atoms with Crippen LogP contribution in [0.1, 0.15) is 6.42 Å². The number of pyridine rings is 1. The van der Waals surface area contributed by atoms with Gasteiger partial charge in [-0.25, -0.2) is 0 Å². The molecule has 0 aliphatic rings. The average molecular weight is 247 g/mol. The number of halogens is 3. The second-order valence-corrected chi connectivity index (χ2v) is 4.33. The molecule has 0 unspecified atom stereocenters. The maximum atomic E-state index is 12.0. The van der Waals surface area contributed by atoms with E-state index in [2.05, 4.69) is 0 Å². The summed E-state index contributed by atoms with van der Waals surface area (Å²) in [6, 6.07) is 3.30. The highest BCUT2D eigenvalue weighted by molar-refractivity contribution is 7.17. The summed E-state index contributed by atoms with van der Waals surface area (Å²) in [6.07, 6.45) is -3.81. The van der Waals surface area contributed by atoms with Gasteiger partial charge in [-0.1, -0.05) is 0 Å². The Morgan fingerprint density at radius 3 is 2.75 bits per heavy atom. The molecule has 2 aromatic heterocycles. The van der Waals surface area contributed by atoms with E-state index in [9.17, 15) is 18.0 Å². The van der Waals surface area contributed by atoms with Gasteiger partial charge in [0.15, 0.2) is 0 Å². The molecule has 6 heteroatoms. The number of hydrogen-bond donors (Lipinski definition) is 0. The van der Waals surface area contributed by atoms with E-state index in [4.69, 9.17) is 0 Å². The Morgan fingerprint density at radius 2 is 2.06 bits per heavy atom. The van der Waals surface area contributed by atoms with Crippen LogP contribution < -0.4 is 5.56 Å². The van der Waals surface area contributed by atoms with Gasteiger partial charge in [0.25, 0.3) is 5.56 Å². The van der Waals surface area contributed by atoms with Crippen molar-refractivity contribution in [3.63, 3.8) is 0 Å². The van der Waals surface area contributed by atoms with Gasteiger partial charge in [-0.05, 0) is 17.5 Å². The molecule has 0 spiro atoms. The normalized spacial score (nSPS) is 12.2. The molecule has 0 aliphatic heterocycles. The number of nitrogens with zero attached hydrogens (tertiary/aromatic N) is 1. The minimum atomic E-state index is -4.23. The lowest BCUT2D eigenvalue weighted by molar-refractivity contribution is -0.136. The molecule has 0 saturated carbocycles. The van der Waals surface area contributed by atoms with Gasteiger partial charge < -0.3 is 4.57 Å². The summed E-state index contributed by atoms with van der Waals surface area (Å²) in [5, 5.41) is 2.23. The van der Waals surface area contributed by atoms with Gasteiger partial charge >= 0.3 is 6.18 Å². The molecule has 86 valence electrons. The fourth-order valence-corrected chi connectivity index (χ4v) is 2.20. The van der Waals surface area contributed by atoms with Crippen LogP contribution in [-0.2, 0) is 6.54 Å². The smallest absolute Gasteiger partial charge is 0.315 e. The molecule has 2 nitrogen and oxygen atoms in total. The van der Waals surface area contributed by atoms with Gasteiger partial charge in [0.1, 0.15) is 0 Å². The predicted molar refractivity (Wildman–Crippen MR) is 56.8 cm³/mol. The molecule has 0 atom stereocenters. The third-order valence-corrected chi connectivity index (χ3v) is 3.11. The molecule has 0 saturated heterocycles. The van der Waals surface area contributed by atoms with Gasteiger partial charge in [-0.2, -0.15) is 13.2 Å². The van der Waals surface area contributed by atoms with Crippen molar-refractivity contribution in [1.82, 2.24) is 4.57 Å². The van der Waals surface area contributed by atoms with E-state index < -0.39 is 12.6 Å². The zero-order chi connectivity index (χ0) is 11.8. The first kappa shape index (κ1) is 11.2. The van der Waals surface area contributed by atoms with Crippen LogP contribution in [0.4, 0.5) is 13.2 Å². The molecule has 0 radical (unpaired) electrons. The third-order valence-electron chi connectivity index (χ3n) is 2.23. The highest BCUT2D eigenvalue weighted by Gasteiger charge is 2.26. The zero-order valence-electron chi connectivity index (χ0n) is 8.12. The van der Waals surface area contributed by atoms with E-state index in [1.807, 2.05) is 0 Å². The number of rotatable bonds is 2. The van der Waals surface area contributed by atoms with Gasteiger partial charge in [-0.3, -0.25) is 4.79 Å². The molecule has 0 fully saturated rings. The minimum Gasteiger partial charge on any atom is -0.315 e. The van der Waals surface area contributed by atoms with E-state index >= 15 is 0 Å². The summed E-state index contributed by atoms with van der Waals surface area (Å²) < 4.78 is 37.9. The Kier molecular flexibility index (Phi) is 2.75. The molecule has 2 heterocycles. The first-order valence-corrected chi connectivity index (χ1v) is 5.49. The number of aromatic nitrogens is 1. The predicted octanol–water partition coefficient (Wildman–Crippen LogP) is 3.02. The van der Waals surface area contributed by atoms with E-state index in [1.165, 1.54) is 17.5 Å². The van der Waals surface area contributed by atoms with Crippen LogP contribution in [0.5, 0.6) is 0 Å². The van der Waals surface area contributed by atoms with Gasteiger partial charge in [0, 0.05) is 17.4 Å². The van der Waals surface area contributed by atoms with Crippen LogP contribution in [0.25, 0.3) is 10.1 Å². The molecule has 0 aliphatic carbocycles. The van der Waals surface area contributed by atoms with Crippen molar-refractivity contribution in [2.24, 2.45) is 0 Å². The molecule has 2 aromatic rings. The SMILES string of the molecule is O=c1c2ccsc2ccn1CCC(F)(F)F. The lowest BCUT2D eigenvalue weighted by Crippen LogP contribution is -2.22. The van der Waals surface area contributed by atoms with Crippen LogP contribution >= 0.6 is 11.3 Å². The summed E-state index contributed by atoms with van der Waals surface area (Å²) in [5.74, 6) is 0. The average Bonchev–Trinajstić information content (AvgIpc) is 2.64. The Labute approximate surface area is 92.9 Å². The fraction of sp³-hybridized carbons (Fsp3) is 0.300. The second-order valence-electron chi connectivity index (χ2n) is 3.38. The molecular weight excluding hydrogens is 239 g/mol. The largest absolute Gasteiger partial charge is 0.390 e. The number of hydrogen-bond acceptors (Lipinski definition) is 2. The Hall–Kier alpha value is -1.30. The number of aryl methyl sites for hydroxylation is 1. The molecule has 2 rings (SSSR count). The second kappa shape index (κ2) is 3.93. The van der Waals surface area contributed by atoms with Crippen LogP contribution in [0.2, 0.25) is 0 Å². The summed E-state index contributed by atoms with van der Waals surface area (Å²) in [5.41, 5.74) is -0.358. The Balaban J connectivity index is 2.31. The topological polar surface area (TPSA) is 22.0 Å². The summed E-state index contributed by atoms with van der Waals surface area (Å²) >= 11 is 1.40. The first-order valence-electron chi connectivity index (χ1n) is 4.61. The number of alkyl halides is 3. The van der Waals surface area contributed by atoms with Crippen molar-refractivity contribution in [3.8, 4) is 0 Å². The molecule has 0 bridgehead atoms. The first-order chi connectivity index (χ1) is 7.47. The molecule has 0 aromatic carbocycles. The zero-order valence-corrected chi connectivity index (χ0v) is 8.94. The van der Waals surface area contributed by atoms with Crippen molar-refractivity contribution in [2.75, 3.05) is 0 Å². The Morgan fingerprint density at radius 1 is 1.31 bits per heavy atom. The molecule has 16 heavy (non-hydrogen) atoms. The standard InChI is InChI=1S/C10H8F3NOS/c11-10(12,13)3-5-14-4-1-8-7(9(14)15)2-6-16-8/h1-2,4,6H,3,5H2. The summed E-state index contributed by atoms with van der Waals surface area (Å²) in [7, 11) is 0. The Bertz CT molecular complexity index is 555. The molecule has 0 N–H and O–H groups in total. The highest BCUT2D eigenvalue weighted by atomic mass is 32.1. The van der Waals surface area contributed by atoms with Gasteiger partial charge in [0.2, 0.25) is 0 Å². The highest BCUT2D eigenvalue weighted by Crippen LogP contribution is 2.21. The van der Waals surface area contributed by atoms with Crippen LogP contribution in [0.3, 0.4) is 0 Å². The van der Waals surface area contributed by atoms with E-state index in [0.29, 0.717) is 5.39 Å². The van der Waals surface area contributed by atoms with Gasteiger partial charge in [0.05, 0.1) is 11.8 Å². The van der Waals surface area contributed by atoms with Crippen molar-refractivity contribution in [3.05, 3.63) is 34.1 Å². The van der Waals surface area contributed by atoms with Gasteiger partial charge in [-0.15, -0.1) is 11.3 Å². The molecule has 0 amide bonds. The fourth-order valence-electron chi connectivity index (χ4n) is 1.43. The van der Waals surface area contributed by atoms with E-state index in [-0.39, 0.29) is 12.1 Å². The van der Waals surface area contributed by atoms with E-state index in [1.54, 1.807) is 17.5 Å². The van der Waals surface area contributed by atoms with Crippen molar-refractivity contribution in [1.29, 1.82) is 0 Å². The van der Waals surface area contributed by atoms with Crippen molar-refractivity contribution >= 4 is 21.4 Å². The van der Waals surface area contributed by atoms with Crippen LogP contribution in [-0.4, -0.2) is 10.7 Å². The molecular formula is C10H8F3NOS.